The number of rotatable bonds is 4. The van der Waals surface area contributed by atoms with Crippen molar-refractivity contribution in [1.82, 2.24) is 4.98 Å². The fraction of sp³-hybridized carbons (Fsp3) is 0. The Morgan fingerprint density at radius 3 is 2.38 bits per heavy atom. The van der Waals surface area contributed by atoms with Crippen molar-refractivity contribution in [2.75, 3.05) is 5.43 Å². The van der Waals surface area contributed by atoms with Gasteiger partial charge in [0.25, 0.3) is 0 Å². The van der Waals surface area contributed by atoms with Gasteiger partial charge in [0, 0.05) is 16.3 Å². The second-order valence-electron chi connectivity index (χ2n) is 6.50. The van der Waals surface area contributed by atoms with Gasteiger partial charge in [0.1, 0.15) is 10.6 Å². The third-order valence-corrected chi connectivity index (χ3v) is 5.40. The number of para-hydroxylation sites is 2. The lowest BCUT2D eigenvalue weighted by molar-refractivity contribution is 0.543. The van der Waals surface area contributed by atoms with Crippen LogP contribution in [0.1, 0.15) is 0 Å². The maximum absolute atomic E-state index is 6.12. The molecule has 0 aliphatic rings. The molecular weight excluding hydrogens is 378 g/mol. The Hall–Kier alpha value is -3.70. The van der Waals surface area contributed by atoms with Crippen LogP contribution in [0.3, 0.4) is 0 Å². The minimum absolute atomic E-state index is 0.501. The second kappa shape index (κ2) is 7.73. The Kier molecular flexibility index (Phi) is 4.64. The molecule has 0 spiro atoms. The molecule has 0 fully saturated rings. The monoisotopic (exact) mass is 395 g/mol. The standard InChI is InChI=1S/C24H17N3OS/c1-3-9-17(10-4-1)21-16-29-24(25-21)20-15-18-11-7-8-14-22(18)28-23(20)27-26-19-12-5-2-6-13-19/h1-16,26H/b27-23+. The first-order chi connectivity index (χ1) is 14.4. The number of hydrogen-bond donors (Lipinski definition) is 1. The van der Waals surface area contributed by atoms with Crippen molar-refractivity contribution in [3.63, 3.8) is 0 Å². The van der Waals surface area contributed by atoms with Crippen LogP contribution in [-0.4, -0.2) is 4.98 Å². The lowest BCUT2D eigenvalue weighted by Gasteiger charge is -2.04. The van der Waals surface area contributed by atoms with Gasteiger partial charge in [-0.15, -0.1) is 16.4 Å². The minimum atomic E-state index is 0.501. The van der Waals surface area contributed by atoms with Crippen molar-refractivity contribution < 1.29 is 4.42 Å². The van der Waals surface area contributed by atoms with Crippen LogP contribution in [-0.2, 0) is 0 Å². The summed E-state index contributed by atoms with van der Waals surface area (Å²) in [6.07, 6.45) is 0. The van der Waals surface area contributed by atoms with E-state index >= 15 is 0 Å². The summed E-state index contributed by atoms with van der Waals surface area (Å²) in [5.41, 5.74) is 8.16. The highest BCUT2D eigenvalue weighted by Crippen LogP contribution is 2.28. The molecule has 0 atom stereocenters. The van der Waals surface area contributed by atoms with Crippen molar-refractivity contribution in [3.05, 3.63) is 102 Å². The predicted molar refractivity (Wildman–Crippen MR) is 118 cm³/mol. The van der Waals surface area contributed by atoms with Crippen LogP contribution in [0.5, 0.6) is 0 Å². The fourth-order valence-electron chi connectivity index (χ4n) is 3.07. The van der Waals surface area contributed by atoms with Crippen molar-refractivity contribution in [1.29, 1.82) is 0 Å². The summed E-state index contributed by atoms with van der Waals surface area (Å²) in [5.74, 6) is 0. The number of hydrogen-bond acceptors (Lipinski definition) is 5. The van der Waals surface area contributed by atoms with Crippen LogP contribution in [0.4, 0.5) is 5.69 Å². The smallest absolute Gasteiger partial charge is 0.246 e. The minimum Gasteiger partial charge on any atom is -0.436 e. The first kappa shape index (κ1) is 17.4. The van der Waals surface area contributed by atoms with E-state index in [9.17, 15) is 0 Å². The number of nitrogens with one attached hydrogen (secondary N) is 1. The molecule has 29 heavy (non-hydrogen) atoms. The Balaban J connectivity index is 1.63. The van der Waals surface area contributed by atoms with E-state index in [2.05, 4.69) is 34.1 Å². The van der Waals surface area contributed by atoms with E-state index in [1.165, 1.54) is 0 Å². The molecule has 3 aromatic carbocycles. The summed E-state index contributed by atoms with van der Waals surface area (Å²) in [4.78, 5) is 4.84. The Morgan fingerprint density at radius 2 is 1.55 bits per heavy atom. The third kappa shape index (κ3) is 3.68. The van der Waals surface area contributed by atoms with Gasteiger partial charge in [-0.05, 0) is 24.3 Å². The highest BCUT2D eigenvalue weighted by Gasteiger charge is 2.12. The van der Waals surface area contributed by atoms with Crippen LogP contribution >= 0.6 is 11.3 Å². The van der Waals surface area contributed by atoms with Crippen molar-refractivity contribution >= 4 is 28.0 Å². The molecule has 0 saturated carbocycles. The van der Waals surface area contributed by atoms with E-state index in [0.29, 0.717) is 5.55 Å². The van der Waals surface area contributed by atoms with Gasteiger partial charge in [-0.2, -0.15) is 0 Å². The highest BCUT2D eigenvalue weighted by atomic mass is 32.1. The average Bonchev–Trinajstić information content (AvgIpc) is 3.28. The Labute approximate surface area is 171 Å². The molecule has 140 valence electrons. The molecule has 0 bridgehead atoms. The summed E-state index contributed by atoms with van der Waals surface area (Å²) in [6, 6.07) is 30.0. The summed E-state index contributed by atoms with van der Waals surface area (Å²) < 4.78 is 6.12. The van der Waals surface area contributed by atoms with E-state index in [1.807, 2.05) is 72.8 Å². The lowest BCUT2D eigenvalue weighted by atomic mass is 10.1. The van der Waals surface area contributed by atoms with Gasteiger partial charge in [-0.25, -0.2) is 4.98 Å². The number of aromatic nitrogens is 1. The number of nitrogens with zero attached hydrogens (tertiary/aromatic N) is 2. The van der Waals surface area contributed by atoms with Gasteiger partial charge in [-0.1, -0.05) is 66.7 Å². The van der Waals surface area contributed by atoms with Crippen LogP contribution < -0.4 is 11.0 Å². The first-order valence-electron chi connectivity index (χ1n) is 9.26. The number of anilines is 1. The van der Waals surface area contributed by atoms with Gasteiger partial charge in [-0.3, -0.25) is 5.43 Å². The number of thiazole rings is 1. The summed E-state index contributed by atoms with van der Waals surface area (Å²) in [5, 5.41) is 8.48. The number of fused-ring (bicyclic) bond motifs is 1. The van der Waals surface area contributed by atoms with Crippen LogP contribution in [0.25, 0.3) is 32.8 Å². The fourth-order valence-corrected chi connectivity index (χ4v) is 3.91. The van der Waals surface area contributed by atoms with Gasteiger partial charge in [0.15, 0.2) is 0 Å². The quantitative estimate of drug-likeness (QED) is 0.371. The number of benzene rings is 3. The van der Waals surface area contributed by atoms with Crippen LogP contribution in [0.2, 0.25) is 0 Å². The normalized spacial score (nSPS) is 11.7. The molecule has 4 nitrogen and oxygen atoms in total. The zero-order valence-electron chi connectivity index (χ0n) is 15.4. The lowest BCUT2D eigenvalue weighted by Crippen LogP contribution is -2.09. The summed E-state index contributed by atoms with van der Waals surface area (Å²) in [6.45, 7) is 0. The predicted octanol–water partition coefficient (Wildman–Crippen LogP) is 6.15. The molecule has 0 unspecified atom stereocenters. The summed E-state index contributed by atoms with van der Waals surface area (Å²) >= 11 is 1.58. The van der Waals surface area contributed by atoms with E-state index in [0.717, 1.165) is 38.5 Å². The van der Waals surface area contributed by atoms with Crippen LogP contribution in [0, 0.1) is 0 Å². The van der Waals surface area contributed by atoms with E-state index in [4.69, 9.17) is 9.40 Å². The molecule has 0 radical (unpaired) electrons. The van der Waals surface area contributed by atoms with Crippen molar-refractivity contribution in [2.45, 2.75) is 0 Å². The van der Waals surface area contributed by atoms with Crippen LogP contribution in [0.15, 0.2) is 106 Å². The molecule has 0 aliphatic heterocycles. The maximum atomic E-state index is 6.12. The molecule has 1 N–H and O–H groups in total. The van der Waals surface area contributed by atoms with Crippen molar-refractivity contribution in [3.8, 4) is 21.8 Å². The molecule has 0 amide bonds. The van der Waals surface area contributed by atoms with Gasteiger partial charge < -0.3 is 4.42 Å². The molecule has 5 rings (SSSR count). The molecule has 5 aromatic rings. The zero-order chi connectivity index (χ0) is 19.5. The highest BCUT2D eigenvalue weighted by molar-refractivity contribution is 7.13. The SMILES string of the molecule is c1ccc(N/N=c2/oc3ccccc3cc2-c2nc(-c3ccccc3)cs2)cc1. The molecular formula is C24H17N3OS. The van der Waals surface area contributed by atoms with E-state index < -0.39 is 0 Å². The first-order valence-corrected chi connectivity index (χ1v) is 10.1. The molecule has 2 aromatic heterocycles. The topological polar surface area (TPSA) is 50.4 Å². The van der Waals surface area contributed by atoms with Gasteiger partial charge in [0.05, 0.1) is 16.9 Å². The largest absolute Gasteiger partial charge is 0.436 e. The van der Waals surface area contributed by atoms with Crippen molar-refractivity contribution in [2.24, 2.45) is 5.10 Å². The van der Waals surface area contributed by atoms with E-state index in [1.54, 1.807) is 11.3 Å². The average molecular weight is 395 g/mol. The molecule has 0 saturated heterocycles. The zero-order valence-corrected chi connectivity index (χ0v) is 16.3. The third-order valence-electron chi connectivity index (χ3n) is 4.52. The van der Waals surface area contributed by atoms with Gasteiger partial charge in [0.2, 0.25) is 5.55 Å². The Bertz CT molecular complexity index is 1320. The second-order valence-corrected chi connectivity index (χ2v) is 7.35. The van der Waals surface area contributed by atoms with E-state index in [-0.39, 0.29) is 0 Å². The Morgan fingerprint density at radius 1 is 0.828 bits per heavy atom. The molecule has 5 heteroatoms. The maximum Gasteiger partial charge on any atom is 0.246 e. The molecule has 0 aliphatic carbocycles. The summed E-state index contributed by atoms with van der Waals surface area (Å²) in [7, 11) is 0. The molecule has 2 heterocycles. The van der Waals surface area contributed by atoms with Gasteiger partial charge >= 0.3 is 0 Å².